The molecule has 0 unspecified atom stereocenters. The fraction of sp³-hybridized carbons (Fsp3) is 0.0323. The summed E-state index contributed by atoms with van der Waals surface area (Å²) in [7, 11) is 0. The van der Waals surface area contributed by atoms with Gasteiger partial charge in [-0.3, -0.25) is 0 Å². The first-order valence-corrected chi connectivity index (χ1v) is 14.0. The van der Waals surface area contributed by atoms with Crippen LogP contribution >= 0.6 is 43.6 Å². The lowest BCUT2D eigenvalue weighted by Gasteiger charge is -2.47. The van der Waals surface area contributed by atoms with E-state index >= 15 is 0 Å². The first kappa shape index (κ1) is 20.4. The van der Waals surface area contributed by atoms with E-state index in [4.69, 9.17) is 0 Å². The van der Waals surface area contributed by atoms with Crippen molar-refractivity contribution in [3.63, 3.8) is 0 Å². The van der Waals surface area contributed by atoms with E-state index in [-0.39, 0.29) is 0 Å². The Labute approximate surface area is 225 Å². The quantitative estimate of drug-likeness (QED) is 0.172. The maximum Gasteiger partial charge on any atom is 0.0755 e. The number of hydrogen-bond acceptors (Lipinski definition) is 2. The Bertz CT molecular complexity index is 1670. The first-order valence-electron chi connectivity index (χ1n) is 11.6. The molecule has 4 heteroatoms. The molecule has 0 saturated carbocycles. The third-order valence-corrected chi connectivity index (χ3v) is 9.66. The van der Waals surface area contributed by atoms with Crippen molar-refractivity contribution in [2.75, 3.05) is 4.90 Å². The van der Waals surface area contributed by atoms with Crippen LogP contribution in [0.5, 0.6) is 0 Å². The van der Waals surface area contributed by atoms with Gasteiger partial charge in [-0.25, -0.2) is 0 Å². The van der Waals surface area contributed by atoms with E-state index in [2.05, 4.69) is 140 Å². The summed E-state index contributed by atoms with van der Waals surface area (Å²) in [5.41, 5.74) is 11.3. The van der Waals surface area contributed by atoms with E-state index in [1.54, 1.807) is 0 Å². The molecule has 3 aliphatic rings. The van der Waals surface area contributed by atoms with Gasteiger partial charge in [-0.05, 0) is 81.9 Å². The van der Waals surface area contributed by atoms with Crippen LogP contribution in [-0.2, 0) is 5.41 Å². The summed E-state index contributed by atoms with van der Waals surface area (Å²) >= 11 is 9.48. The van der Waals surface area contributed by atoms with E-state index in [1.807, 2.05) is 11.8 Å². The van der Waals surface area contributed by atoms with Gasteiger partial charge in [-0.2, -0.15) is 0 Å². The van der Waals surface area contributed by atoms with Gasteiger partial charge in [0.15, 0.2) is 0 Å². The number of fused-ring (bicyclic) bond motifs is 11. The lowest BCUT2D eigenvalue weighted by atomic mass is 9.64. The van der Waals surface area contributed by atoms with E-state index in [1.165, 1.54) is 60.2 Å². The van der Waals surface area contributed by atoms with Crippen molar-refractivity contribution in [1.82, 2.24) is 0 Å². The smallest absolute Gasteiger partial charge is 0.0755 e. The number of halogens is 2. The highest BCUT2D eigenvalue weighted by Crippen LogP contribution is 2.66. The van der Waals surface area contributed by atoms with Crippen molar-refractivity contribution in [2.24, 2.45) is 0 Å². The summed E-state index contributed by atoms with van der Waals surface area (Å²) in [5.74, 6) is 0. The van der Waals surface area contributed by atoms with Crippen LogP contribution in [0.4, 0.5) is 17.1 Å². The molecule has 0 amide bonds. The molecule has 2 heterocycles. The SMILES string of the molecule is Brc1ccc2c(c1)C1(c3cc(Br)ccc3-2)c2ccccc2N2c3ccccc3Sc3cccc1c32. The lowest BCUT2D eigenvalue weighted by Crippen LogP contribution is -2.37. The molecular weight excluding hydrogens is 578 g/mol. The second kappa shape index (κ2) is 7.13. The Morgan fingerprint density at radius 1 is 0.543 bits per heavy atom. The van der Waals surface area contributed by atoms with Gasteiger partial charge in [0.1, 0.15) is 0 Å². The summed E-state index contributed by atoms with van der Waals surface area (Å²) < 4.78 is 2.21. The van der Waals surface area contributed by atoms with Crippen LogP contribution in [0.25, 0.3) is 11.1 Å². The van der Waals surface area contributed by atoms with Gasteiger partial charge in [-0.1, -0.05) is 98.2 Å². The molecule has 35 heavy (non-hydrogen) atoms. The zero-order valence-corrected chi connectivity index (χ0v) is 22.4. The van der Waals surface area contributed by atoms with Crippen molar-refractivity contribution < 1.29 is 0 Å². The van der Waals surface area contributed by atoms with Gasteiger partial charge < -0.3 is 4.90 Å². The number of hydrogen-bond donors (Lipinski definition) is 0. The highest BCUT2D eigenvalue weighted by Gasteiger charge is 2.53. The molecule has 0 radical (unpaired) electrons. The van der Waals surface area contributed by atoms with Crippen molar-refractivity contribution in [3.8, 4) is 11.1 Å². The number of rotatable bonds is 0. The zero-order valence-electron chi connectivity index (χ0n) is 18.4. The Morgan fingerprint density at radius 2 is 1.14 bits per heavy atom. The molecule has 1 aliphatic carbocycles. The fourth-order valence-electron chi connectivity index (χ4n) is 6.33. The van der Waals surface area contributed by atoms with Crippen molar-refractivity contribution in [3.05, 3.63) is 134 Å². The summed E-state index contributed by atoms with van der Waals surface area (Å²) in [5, 5.41) is 0. The lowest BCUT2D eigenvalue weighted by molar-refractivity contribution is 0.745. The maximum atomic E-state index is 3.80. The molecule has 0 atom stereocenters. The van der Waals surface area contributed by atoms with Crippen LogP contribution < -0.4 is 4.90 Å². The topological polar surface area (TPSA) is 3.24 Å². The number of nitrogens with zero attached hydrogens (tertiary/aromatic N) is 1. The Balaban J connectivity index is 1.60. The minimum atomic E-state index is -0.399. The Morgan fingerprint density at radius 3 is 1.89 bits per heavy atom. The van der Waals surface area contributed by atoms with Gasteiger partial charge >= 0.3 is 0 Å². The van der Waals surface area contributed by atoms with Crippen LogP contribution in [0.15, 0.2) is 122 Å². The standard InChI is InChI=1S/C31H17Br2NS/c32-18-12-14-20-21-15-13-19(33)17-25(21)31(24(20)16-18)22-6-1-2-8-26(22)34-27-9-3-4-10-28(27)35-29-11-5-7-23(31)30(29)34/h1-17H. The van der Waals surface area contributed by atoms with Crippen LogP contribution in [-0.4, -0.2) is 0 Å². The fourth-order valence-corrected chi connectivity index (χ4v) is 8.15. The normalized spacial score (nSPS) is 15.2. The molecule has 0 fully saturated rings. The predicted molar refractivity (Wildman–Crippen MR) is 152 cm³/mol. The van der Waals surface area contributed by atoms with Crippen LogP contribution in [0.1, 0.15) is 22.3 Å². The van der Waals surface area contributed by atoms with Crippen LogP contribution in [0.2, 0.25) is 0 Å². The molecule has 5 aromatic rings. The highest BCUT2D eigenvalue weighted by atomic mass is 79.9. The molecule has 1 nitrogen and oxygen atoms in total. The van der Waals surface area contributed by atoms with E-state index in [0.29, 0.717) is 0 Å². The van der Waals surface area contributed by atoms with Gasteiger partial charge in [-0.15, -0.1) is 0 Å². The summed E-state index contributed by atoms with van der Waals surface area (Å²) in [6, 6.07) is 38.1. The molecule has 5 aromatic carbocycles. The molecule has 0 aromatic heterocycles. The second-order valence-corrected chi connectivity index (χ2v) is 12.1. The molecule has 0 bridgehead atoms. The minimum absolute atomic E-state index is 0.399. The molecule has 2 aliphatic heterocycles. The molecule has 0 N–H and O–H groups in total. The average molecular weight is 595 g/mol. The van der Waals surface area contributed by atoms with Crippen molar-refractivity contribution >= 4 is 60.7 Å². The number of anilines is 3. The minimum Gasteiger partial charge on any atom is -0.308 e. The number of para-hydroxylation sites is 3. The monoisotopic (exact) mass is 593 g/mol. The second-order valence-electron chi connectivity index (χ2n) is 9.20. The van der Waals surface area contributed by atoms with E-state index in [9.17, 15) is 0 Å². The maximum absolute atomic E-state index is 3.80. The Kier molecular flexibility index (Phi) is 4.16. The molecule has 0 saturated heterocycles. The number of benzene rings is 5. The third kappa shape index (κ3) is 2.50. The molecule has 8 rings (SSSR count). The van der Waals surface area contributed by atoms with Gasteiger partial charge in [0, 0.05) is 18.7 Å². The summed E-state index contributed by atoms with van der Waals surface area (Å²) in [4.78, 5) is 5.08. The average Bonchev–Trinajstić information content (AvgIpc) is 3.15. The van der Waals surface area contributed by atoms with E-state index in [0.717, 1.165) is 8.95 Å². The molecular formula is C31H17Br2NS. The first-order chi connectivity index (χ1) is 17.2. The summed E-state index contributed by atoms with van der Waals surface area (Å²) in [6.07, 6.45) is 0. The molecule has 1 spiro atoms. The zero-order chi connectivity index (χ0) is 23.3. The highest BCUT2D eigenvalue weighted by molar-refractivity contribution is 9.10. The molecule has 166 valence electrons. The van der Waals surface area contributed by atoms with E-state index < -0.39 is 5.41 Å². The largest absolute Gasteiger partial charge is 0.308 e. The van der Waals surface area contributed by atoms with Crippen LogP contribution in [0, 0.1) is 0 Å². The Hall–Kier alpha value is -2.79. The van der Waals surface area contributed by atoms with Crippen molar-refractivity contribution in [1.29, 1.82) is 0 Å². The van der Waals surface area contributed by atoms with Gasteiger partial charge in [0.05, 0.1) is 22.5 Å². The van der Waals surface area contributed by atoms with Gasteiger partial charge in [0.25, 0.3) is 0 Å². The van der Waals surface area contributed by atoms with Crippen LogP contribution in [0.3, 0.4) is 0 Å². The summed E-state index contributed by atoms with van der Waals surface area (Å²) in [6.45, 7) is 0. The van der Waals surface area contributed by atoms with Gasteiger partial charge in [0.2, 0.25) is 0 Å². The third-order valence-electron chi connectivity index (χ3n) is 7.56. The predicted octanol–water partition coefficient (Wildman–Crippen LogP) is 9.82. The van der Waals surface area contributed by atoms with Crippen molar-refractivity contribution in [2.45, 2.75) is 15.2 Å².